The average molecular weight is 318 g/mol. The number of ketones is 1. The maximum absolute atomic E-state index is 12.9. The molecule has 0 heterocycles. The summed E-state index contributed by atoms with van der Waals surface area (Å²) in [6, 6.07) is 0. The Morgan fingerprint density at radius 3 is 2.52 bits per heavy atom. The van der Waals surface area contributed by atoms with Gasteiger partial charge in [0.15, 0.2) is 0 Å². The van der Waals surface area contributed by atoms with Crippen LogP contribution in [-0.4, -0.2) is 29.7 Å². The second kappa shape index (κ2) is 4.04. The molecular formula is C20H30O3. The molecular weight excluding hydrogens is 288 g/mol. The Kier molecular flexibility index (Phi) is 2.62. The van der Waals surface area contributed by atoms with E-state index in [4.69, 9.17) is 4.74 Å². The van der Waals surface area contributed by atoms with Crippen molar-refractivity contribution < 1.29 is 14.6 Å². The lowest BCUT2D eigenvalue weighted by molar-refractivity contribution is -0.185. The van der Waals surface area contributed by atoms with Crippen molar-refractivity contribution in [1.29, 1.82) is 0 Å². The first-order valence-electron chi connectivity index (χ1n) is 9.64. The molecule has 5 aliphatic carbocycles. The number of hydrogen-bond acceptors (Lipinski definition) is 3. The van der Waals surface area contributed by atoms with E-state index in [0.717, 1.165) is 6.42 Å². The van der Waals surface area contributed by atoms with E-state index < -0.39 is 5.60 Å². The van der Waals surface area contributed by atoms with Crippen LogP contribution in [0.5, 0.6) is 0 Å². The van der Waals surface area contributed by atoms with E-state index in [-0.39, 0.29) is 28.6 Å². The molecule has 23 heavy (non-hydrogen) atoms. The number of methoxy groups -OCH3 is 1. The van der Waals surface area contributed by atoms with Crippen LogP contribution in [0, 0.1) is 34.0 Å². The largest absolute Gasteiger partial charge is 0.386 e. The fourth-order valence-corrected chi connectivity index (χ4v) is 9.00. The molecule has 3 heteroatoms. The first kappa shape index (κ1) is 14.9. The molecule has 0 aromatic carbocycles. The number of fused-ring (bicyclic) bond motifs is 2. The van der Waals surface area contributed by atoms with Gasteiger partial charge in [-0.05, 0) is 54.8 Å². The number of Topliss-reactive ketones (excluding diaryl/α,β-unsaturated/α-hetero) is 1. The van der Waals surface area contributed by atoms with Crippen molar-refractivity contribution in [1.82, 2.24) is 0 Å². The zero-order valence-corrected chi connectivity index (χ0v) is 14.7. The third kappa shape index (κ3) is 1.21. The molecule has 7 unspecified atom stereocenters. The van der Waals surface area contributed by atoms with Crippen LogP contribution >= 0.6 is 0 Å². The molecule has 4 bridgehead atoms. The van der Waals surface area contributed by atoms with Crippen LogP contribution in [0.2, 0.25) is 0 Å². The van der Waals surface area contributed by atoms with E-state index in [1.165, 1.54) is 38.5 Å². The highest BCUT2D eigenvalue weighted by Crippen LogP contribution is 2.85. The van der Waals surface area contributed by atoms with E-state index in [1.807, 2.05) is 0 Å². The third-order valence-electron chi connectivity index (χ3n) is 9.87. The Hall–Kier alpha value is -0.410. The summed E-state index contributed by atoms with van der Waals surface area (Å²) in [5, 5.41) is 11.9. The Morgan fingerprint density at radius 1 is 1.17 bits per heavy atom. The first-order valence-corrected chi connectivity index (χ1v) is 9.64. The maximum Gasteiger partial charge on any atom is 0.141 e. The zero-order chi connectivity index (χ0) is 16.3. The number of rotatable bonds is 1. The minimum absolute atomic E-state index is 0.103. The van der Waals surface area contributed by atoms with Gasteiger partial charge in [-0.15, -0.1) is 0 Å². The molecule has 5 fully saturated rings. The topological polar surface area (TPSA) is 46.5 Å². The van der Waals surface area contributed by atoms with Crippen molar-refractivity contribution in [3.63, 3.8) is 0 Å². The normalized spacial score (nSPS) is 59.0. The van der Waals surface area contributed by atoms with Crippen molar-refractivity contribution >= 4 is 5.78 Å². The van der Waals surface area contributed by atoms with Gasteiger partial charge in [-0.3, -0.25) is 4.79 Å². The van der Waals surface area contributed by atoms with E-state index in [9.17, 15) is 9.90 Å². The molecule has 0 aromatic heterocycles. The van der Waals surface area contributed by atoms with Crippen LogP contribution in [0.1, 0.15) is 65.2 Å². The maximum atomic E-state index is 12.9. The molecule has 1 spiro atoms. The summed E-state index contributed by atoms with van der Waals surface area (Å²) in [4.78, 5) is 12.9. The molecule has 0 amide bonds. The van der Waals surface area contributed by atoms with Crippen LogP contribution in [0.4, 0.5) is 0 Å². The fraction of sp³-hybridized carbons (Fsp3) is 0.950. The van der Waals surface area contributed by atoms with Gasteiger partial charge in [0.2, 0.25) is 0 Å². The predicted octanol–water partition coefficient (Wildman–Crippen LogP) is 3.34. The Bertz CT molecular complexity index is 579. The fourth-order valence-electron chi connectivity index (χ4n) is 9.00. The lowest BCUT2D eigenvalue weighted by Crippen LogP contribution is -2.58. The number of carbonyl (C=O) groups is 1. The van der Waals surface area contributed by atoms with Gasteiger partial charge in [0.25, 0.3) is 0 Å². The lowest BCUT2D eigenvalue weighted by Gasteiger charge is -2.56. The number of carbonyl (C=O) groups excluding carboxylic acids is 1. The Labute approximate surface area is 139 Å². The number of ether oxygens (including phenoxy) is 1. The summed E-state index contributed by atoms with van der Waals surface area (Å²) < 4.78 is 5.69. The third-order valence-corrected chi connectivity index (χ3v) is 9.87. The molecule has 0 radical (unpaired) electrons. The molecule has 3 nitrogen and oxygen atoms in total. The molecule has 128 valence electrons. The van der Waals surface area contributed by atoms with Gasteiger partial charge >= 0.3 is 0 Å². The van der Waals surface area contributed by atoms with Crippen LogP contribution < -0.4 is 0 Å². The molecule has 0 aromatic rings. The van der Waals surface area contributed by atoms with Crippen molar-refractivity contribution in [2.45, 2.75) is 76.9 Å². The van der Waals surface area contributed by atoms with E-state index >= 15 is 0 Å². The minimum Gasteiger partial charge on any atom is -0.386 e. The van der Waals surface area contributed by atoms with Crippen LogP contribution in [0.3, 0.4) is 0 Å². The average Bonchev–Trinajstić information content (AvgIpc) is 3.16. The summed E-state index contributed by atoms with van der Waals surface area (Å²) in [7, 11) is 1.67. The molecule has 0 aliphatic heterocycles. The Balaban J connectivity index is 1.74. The predicted molar refractivity (Wildman–Crippen MR) is 86.8 cm³/mol. The quantitative estimate of drug-likeness (QED) is 0.806. The zero-order valence-electron chi connectivity index (χ0n) is 14.7. The van der Waals surface area contributed by atoms with Crippen LogP contribution in [-0.2, 0) is 9.53 Å². The molecule has 5 aliphatic rings. The smallest absolute Gasteiger partial charge is 0.141 e. The van der Waals surface area contributed by atoms with Gasteiger partial charge in [0.1, 0.15) is 11.4 Å². The first-order chi connectivity index (χ1) is 10.9. The molecule has 5 rings (SSSR count). The Morgan fingerprint density at radius 2 is 1.87 bits per heavy atom. The van der Waals surface area contributed by atoms with Crippen LogP contribution in [0.25, 0.3) is 0 Å². The van der Waals surface area contributed by atoms with Gasteiger partial charge in [-0.25, -0.2) is 0 Å². The van der Waals surface area contributed by atoms with Gasteiger partial charge in [-0.2, -0.15) is 0 Å². The highest BCUT2D eigenvalue weighted by Gasteiger charge is 2.86. The SMILES string of the molecule is COC1CC(=O)C2C3C4CCC5(CCCC5)C3(C)C(C)(C4)C12O. The van der Waals surface area contributed by atoms with E-state index in [2.05, 4.69) is 13.8 Å². The van der Waals surface area contributed by atoms with Gasteiger partial charge in [0, 0.05) is 18.9 Å². The second-order valence-electron chi connectivity index (χ2n) is 9.75. The summed E-state index contributed by atoms with van der Waals surface area (Å²) in [6.07, 6.45) is 9.06. The summed E-state index contributed by atoms with van der Waals surface area (Å²) in [5.74, 6) is 1.14. The highest BCUT2D eigenvalue weighted by molar-refractivity contribution is 5.88. The van der Waals surface area contributed by atoms with Crippen molar-refractivity contribution in [3.05, 3.63) is 0 Å². The summed E-state index contributed by atoms with van der Waals surface area (Å²) in [6.45, 7) is 4.77. The monoisotopic (exact) mass is 318 g/mol. The molecule has 5 saturated carbocycles. The molecule has 1 N–H and O–H groups in total. The minimum atomic E-state index is -0.936. The van der Waals surface area contributed by atoms with Crippen molar-refractivity contribution in [2.75, 3.05) is 7.11 Å². The van der Waals surface area contributed by atoms with Crippen molar-refractivity contribution in [2.24, 2.45) is 34.0 Å². The van der Waals surface area contributed by atoms with Gasteiger partial charge in [-0.1, -0.05) is 26.7 Å². The summed E-state index contributed by atoms with van der Waals surface area (Å²) in [5.41, 5.74) is -0.647. The van der Waals surface area contributed by atoms with Crippen molar-refractivity contribution in [3.8, 4) is 0 Å². The standard InChI is InChI=1S/C20H30O3/c1-17-11-12-6-9-19(7-4-5-8-19)18(17,2)15(12)16-13(21)10-14(23-3)20(16,17)22/h12,14-16,22H,4-11H2,1-3H3. The molecule has 0 saturated heterocycles. The second-order valence-corrected chi connectivity index (χ2v) is 9.75. The molecule has 7 atom stereocenters. The van der Waals surface area contributed by atoms with Crippen LogP contribution in [0.15, 0.2) is 0 Å². The van der Waals surface area contributed by atoms with Gasteiger partial charge < -0.3 is 9.84 Å². The van der Waals surface area contributed by atoms with E-state index in [0.29, 0.717) is 23.7 Å². The number of aliphatic hydroxyl groups is 1. The lowest BCUT2D eigenvalue weighted by atomic mass is 9.48. The van der Waals surface area contributed by atoms with E-state index in [1.54, 1.807) is 7.11 Å². The summed E-state index contributed by atoms with van der Waals surface area (Å²) >= 11 is 0. The van der Waals surface area contributed by atoms with Gasteiger partial charge in [0.05, 0.1) is 12.0 Å². The number of hydrogen-bond donors (Lipinski definition) is 1. The highest BCUT2D eigenvalue weighted by atomic mass is 16.5.